The van der Waals surface area contributed by atoms with Gasteiger partial charge in [0.25, 0.3) is 0 Å². The third-order valence-electron chi connectivity index (χ3n) is 1.54. The molecule has 78 valence electrons. The molecule has 0 aromatic rings. The predicted molar refractivity (Wildman–Crippen MR) is 52.9 cm³/mol. The van der Waals surface area contributed by atoms with Crippen molar-refractivity contribution < 1.29 is 14.7 Å². The standard InChI is InChI=1S/C7H11N3O3S/c1-2-13-6(11)3-5-4-14(10-12)7(8)9-5/h8,12H,2-4H2,1H3. The number of rotatable bonds is 3. The van der Waals surface area contributed by atoms with Crippen LogP contribution >= 0.6 is 0 Å². The van der Waals surface area contributed by atoms with Crippen LogP contribution in [-0.2, 0) is 20.2 Å². The van der Waals surface area contributed by atoms with Crippen LogP contribution in [0.4, 0.5) is 0 Å². The Morgan fingerprint density at radius 3 is 3.07 bits per heavy atom. The maximum absolute atomic E-state index is 11.0. The summed E-state index contributed by atoms with van der Waals surface area (Å²) in [6.45, 7) is 2.06. The van der Waals surface area contributed by atoms with Crippen molar-refractivity contribution in [3.05, 3.63) is 0 Å². The number of esters is 1. The molecule has 0 saturated carbocycles. The second-order valence-electron chi connectivity index (χ2n) is 2.56. The molecule has 0 fully saturated rings. The Bertz CT molecular complexity index is 324. The van der Waals surface area contributed by atoms with E-state index in [1.54, 1.807) is 6.92 Å². The maximum atomic E-state index is 11.0. The molecule has 0 spiro atoms. The number of amidine groups is 1. The van der Waals surface area contributed by atoms with Gasteiger partial charge in [0.05, 0.1) is 18.8 Å². The van der Waals surface area contributed by atoms with Gasteiger partial charge in [0.15, 0.2) is 5.17 Å². The second kappa shape index (κ2) is 4.97. The van der Waals surface area contributed by atoms with Gasteiger partial charge in [0, 0.05) is 16.4 Å². The van der Waals surface area contributed by atoms with E-state index in [0.29, 0.717) is 18.1 Å². The highest BCUT2D eigenvalue weighted by molar-refractivity contribution is 8.03. The first kappa shape index (κ1) is 11.0. The van der Waals surface area contributed by atoms with Crippen LogP contribution in [0, 0.1) is 5.41 Å². The van der Waals surface area contributed by atoms with Crippen LogP contribution in [0.15, 0.2) is 9.52 Å². The minimum atomic E-state index is -0.877. The monoisotopic (exact) mass is 217 g/mol. The zero-order chi connectivity index (χ0) is 10.6. The zero-order valence-corrected chi connectivity index (χ0v) is 8.50. The van der Waals surface area contributed by atoms with Crippen molar-refractivity contribution in [3.8, 4) is 0 Å². The van der Waals surface area contributed by atoms with Gasteiger partial charge >= 0.3 is 5.97 Å². The van der Waals surface area contributed by atoms with Gasteiger partial charge < -0.3 is 4.74 Å². The van der Waals surface area contributed by atoms with Gasteiger partial charge in [-0.15, -0.1) is 4.53 Å². The molecule has 1 aliphatic rings. The first-order valence-corrected chi connectivity index (χ1v) is 5.39. The van der Waals surface area contributed by atoms with Crippen LogP contribution in [0.25, 0.3) is 0 Å². The molecule has 1 heterocycles. The third kappa shape index (κ3) is 2.71. The predicted octanol–water partition coefficient (Wildman–Crippen LogP) is 0.520. The molecule has 0 aromatic carbocycles. The van der Waals surface area contributed by atoms with Crippen LogP contribution in [0.2, 0.25) is 0 Å². The quantitative estimate of drug-likeness (QED) is 0.533. The molecule has 0 aromatic heterocycles. The van der Waals surface area contributed by atoms with E-state index in [1.165, 1.54) is 0 Å². The third-order valence-corrected chi connectivity index (χ3v) is 2.88. The van der Waals surface area contributed by atoms with Gasteiger partial charge in [0.2, 0.25) is 0 Å². The summed E-state index contributed by atoms with van der Waals surface area (Å²) in [6, 6.07) is 0. The summed E-state index contributed by atoms with van der Waals surface area (Å²) in [5, 5.41) is 15.8. The molecule has 1 unspecified atom stereocenters. The molecule has 14 heavy (non-hydrogen) atoms. The number of hydrogen-bond donors (Lipinski definition) is 2. The lowest BCUT2D eigenvalue weighted by molar-refractivity contribution is -0.141. The molecule has 1 rings (SSSR count). The Kier molecular flexibility index (Phi) is 3.90. The SMILES string of the molecule is CCOC(=O)CC1=NC(=N)S(=NO)C1. The fourth-order valence-electron chi connectivity index (χ4n) is 0.991. The van der Waals surface area contributed by atoms with Crippen molar-refractivity contribution in [2.45, 2.75) is 13.3 Å². The Morgan fingerprint density at radius 1 is 1.86 bits per heavy atom. The second-order valence-corrected chi connectivity index (χ2v) is 4.12. The average molecular weight is 217 g/mol. The van der Waals surface area contributed by atoms with E-state index in [4.69, 9.17) is 15.4 Å². The molecular formula is C7H11N3O3S. The maximum Gasteiger partial charge on any atom is 0.311 e. The van der Waals surface area contributed by atoms with Crippen LogP contribution in [0.5, 0.6) is 0 Å². The first-order valence-electron chi connectivity index (χ1n) is 4.04. The van der Waals surface area contributed by atoms with Gasteiger partial charge in [-0.25, -0.2) is 4.99 Å². The molecule has 7 heteroatoms. The molecule has 1 aliphatic heterocycles. The van der Waals surface area contributed by atoms with Crippen LogP contribution < -0.4 is 0 Å². The molecule has 0 bridgehead atoms. The minimum absolute atomic E-state index is 0.0202. The summed E-state index contributed by atoms with van der Waals surface area (Å²) < 4.78 is 7.74. The molecule has 6 nitrogen and oxygen atoms in total. The van der Waals surface area contributed by atoms with Crippen molar-refractivity contribution in [2.75, 3.05) is 12.4 Å². The normalized spacial score (nSPS) is 21.1. The highest BCUT2D eigenvalue weighted by Gasteiger charge is 2.20. The number of nitrogens with one attached hydrogen (secondary N) is 1. The molecule has 0 saturated heterocycles. The van der Waals surface area contributed by atoms with E-state index in [1.807, 2.05) is 0 Å². The van der Waals surface area contributed by atoms with E-state index in [-0.39, 0.29) is 17.6 Å². The zero-order valence-electron chi connectivity index (χ0n) is 7.69. The highest BCUT2D eigenvalue weighted by atomic mass is 32.2. The average Bonchev–Trinajstić information content (AvgIpc) is 2.46. The number of carbonyl (C=O) groups excluding carboxylic acids is 1. The molecule has 2 N–H and O–H groups in total. The molecular weight excluding hydrogens is 206 g/mol. The van der Waals surface area contributed by atoms with E-state index in [2.05, 4.69) is 9.52 Å². The molecule has 0 amide bonds. The summed E-state index contributed by atoms with van der Waals surface area (Å²) >= 11 is 0. The van der Waals surface area contributed by atoms with Gasteiger partial charge in [-0.1, -0.05) is 0 Å². The molecule has 0 aliphatic carbocycles. The van der Waals surface area contributed by atoms with Crippen molar-refractivity contribution in [1.29, 1.82) is 5.41 Å². The highest BCUT2D eigenvalue weighted by Crippen LogP contribution is 2.07. The van der Waals surface area contributed by atoms with Crippen LogP contribution in [-0.4, -0.2) is 34.4 Å². The lowest BCUT2D eigenvalue weighted by Gasteiger charge is -1.99. The lowest BCUT2D eigenvalue weighted by atomic mass is 10.3. The number of carbonyl (C=O) groups is 1. The lowest BCUT2D eigenvalue weighted by Crippen LogP contribution is -2.13. The topological polar surface area (TPSA) is 95.1 Å². The van der Waals surface area contributed by atoms with E-state index in [0.717, 1.165) is 0 Å². The van der Waals surface area contributed by atoms with E-state index < -0.39 is 10.7 Å². The smallest absolute Gasteiger partial charge is 0.311 e. The van der Waals surface area contributed by atoms with Crippen molar-refractivity contribution >= 4 is 27.5 Å². The summed E-state index contributed by atoms with van der Waals surface area (Å²) in [7, 11) is -0.877. The van der Waals surface area contributed by atoms with Gasteiger partial charge in [-0.3, -0.25) is 15.4 Å². The van der Waals surface area contributed by atoms with Gasteiger partial charge in [-0.05, 0) is 6.92 Å². The largest absolute Gasteiger partial charge is 0.466 e. The fourth-order valence-corrected chi connectivity index (χ4v) is 1.98. The van der Waals surface area contributed by atoms with Crippen LogP contribution in [0.3, 0.4) is 0 Å². The van der Waals surface area contributed by atoms with E-state index in [9.17, 15) is 4.79 Å². The summed E-state index contributed by atoms with van der Waals surface area (Å²) in [6.07, 6.45) is 0.0786. The Morgan fingerprint density at radius 2 is 2.57 bits per heavy atom. The van der Waals surface area contributed by atoms with E-state index >= 15 is 0 Å². The first-order chi connectivity index (χ1) is 6.67. The summed E-state index contributed by atoms with van der Waals surface area (Å²) in [5.41, 5.74) is 0.551. The van der Waals surface area contributed by atoms with Crippen molar-refractivity contribution in [2.24, 2.45) is 9.52 Å². The van der Waals surface area contributed by atoms with Gasteiger partial charge in [0.1, 0.15) is 0 Å². The minimum Gasteiger partial charge on any atom is -0.466 e. The Balaban J connectivity index is 2.53. The number of ether oxygens (including phenoxy) is 1. The Hall–Kier alpha value is -1.08. The van der Waals surface area contributed by atoms with Crippen LogP contribution in [0.1, 0.15) is 13.3 Å². The number of aliphatic imine (C=N–C) groups is 1. The number of nitrogens with zero attached hydrogens (tertiary/aromatic N) is 2. The fraction of sp³-hybridized carbons (Fsp3) is 0.571. The summed E-state index contributed by atoms with van der Waals surface area (Å²) in [5.74, 6) is -0.00355. The molecule has 1 atom stereocenters. The van der Waals surface area contributed by atoms with Gasteiger partial charge in [-0.2, -0.15) is 0 Å². The molecule has 0 radical (unpaired) electrons. The number of hydrogen-bond acceptors (Lipinski definition) is 4. The van der Waals surface area contributed by atoms with Crippen molar-refractivity contribution in [3.63, 3.8) is 0 Å². The van der Waals surface area contributed by atoms with Crippen molar-refractivity contribution in [1.82, 2.24) is 0 Å². The Labute approximate surface area is 83.6 Å². The summed E-state index contributed by atoms with van der Waals surface area (Å²) in [4.78, 5) is 14.9.